The second-order valence-electron chi connectivity index (χ2n) is 8.48. The maximum absolute atomic E-state index is 13.0. The molecule has 0 saturated carbocycles. The van der Waals surface area contributed by atoms with Gasteiger partial charge in [0.2, 0.25) is 15.9 Å². The number of aromatic nitrogens is 3. The van der Waals surface area contributed by atoms with Gasteiger partial charge in [0, 0.05) is 12.7 Å². The molecule has 206 valence electrons. The lowest BCUT2D eigenvalue weighted by molar-refractivity contribution is -0.192. The number of ether oxygens (including phenoxy) is 1. The fraction of sp³-hybridized carbons (Fsp3) is 0.250. The highest BCUT2D eigenvalue weighted by Crippen LogP contribution is 2.25. The molecule has 1 aliphatic rings. The molecule has 2 aromatic heterocycles. The summed E-state index contributed by atoms with van der Waals surface area (Å²) in [5, 5.41) is 8.76. The predicted octanol–water partition coefficient (Wildman–Crippen LogP) is 2.83. The Labute approximate surface area is 219 Å². The number of H-pyrrole nitrogens is 1. The van der Waals surface area contributed by atoms with E-state index in [2.05, 4.69) is 19.7 Å². The summed E-state index contributed by atoms with van der Waals surface area (Å²) < 4.78 is 65.5. The number of rotatable bonds is 6. The SMILES string of the molecule is COc1ccc2ccc(S(=O)(=O)N[C@H]3CCN(Cc4nc5cnccc5[nH]4)C3=O)cc2c1.O=C(O)C(F)(F)F. The molecule has 3 heterocycles. The molecular weight excluding hydrogens is 543 g/mol. The lowest BCUT2D eigenvalue weighted by Gasteiger charge is -2.16. The Morgan fingerprint density at radius 1 is 1.21 bits per heavy atom. The van der Waals surface area contributed by atoms with E-state index in [1.165, 1.54) is 6.07 Å². The van der Waals surface area contributed by atoms with Gasteiger partial charge in [-0.1, -0.05) is 12.1 Å². The average molecular weight is 566 g/mol. The molecule has 1 fully saturated rings. The van der Waals surface area contributed by atoms with Crippen LogP contribution in [0.5, 0.6) is 5.75 Å². The molecule has 0 bridgehead atoms. The zero-order valence-electron chi connectivity index (χ0n) is 20.3. The molecule has 15 heteroatoms. The van der Waals surface area contributed by atoms with Crippen LogP contribution in [0.1, 0.15) is 12.2 Å². The number of aliphatic carboxylic acids is 1. The molecular formula is C24H22F3N5O6S. The summed E-state index contributed by atoms with van der Waals surface area (Å²) in [6.07, 6.45) is -1.38. The Balaban J connectivity index is 0.000000448. The van der Waals surface area contributed by atoms with Crippen LogP contribution in [0.25, 0.3) is 21.8 Å². The second-order valence-corrected chi connectivity index (χ2v) is 10.2. The van der Waals surface area contributed by atoms with E-state index < -0.39 is 28.2 Å². The van der Waals surface area contributed by atoms with Crippen molar-refractivity contribution in [3.63, 3.8) is 0 Å². The Morgan fingerprint density at radius 3 is 2.59 bits per heavy atom. The third kappa shape index (κ3) is 6.43. The second kappa shape index (κ2) is 10.9. The number of hydrogen-bond donors (Lipinski definition) is 3. The van der Waals surface area contributed by atoms with Crippen LogP contribution in [-0.2, 0) is 26.2 Å². The van der Waals surface area contributed by atoms with Crippen molar-refractivity contribution < 1.29 is 41.0 Å². The summed E-state index contributed by atoms with van der Waals surface area (Å²) in [5.74, 6) is -1.75. The molecule has 1 atom stereocenters. The van der Waals surface area contributed by atoms with E-state index in [0.29, 0.717) is 24.5 Å². The zero-order valence-corrected chi connectivity index (χ0v) is 21.1. The smallest absolute Gasteiger partial charge is 0.490 e. The summed E-state index contributed by atoms with van der Waals surface area (Å²) in [7, 11) is -2.32. The number of halogens is 3. The number of alkyl halides is 3. The molecule has 0 spiro atoms. The first-order chi connectivity index (χ1) is 18.4. The molecule has 39 heavy (non-hydrogen) atoms. The number of nitrogens with zero attached hydrogens (tertiary/aromatic N) is 3. The van der Waals surface area contributed by atoms with Crippen LogP contribution in [-0.4, -0.2) is 71.1 Å². The molecule has 1 aliphatic heterocycles. The Hall–Kier alpha value is -4.24. The minimum Gasteiger partial charge on any atom is -0.497 e. The van der Waals surface area contributed by atoms with Crippen LogP contribution >= 0.6 is 0 Å². The van der Waals surface area contributed by atoms with Crippen LogP contribution in [0.2, 0.25) is 0 Å². The summed E-state index contributed by atoms with van der Waals surface area (Å²) in [6.45, 7) is 0.720. The first-order valence-electron chi connectivity index (χ1n) is 11.3. The first-order valence-corrected chi connectivity index (χ1v) is 12.8. The summed E-state index contributed by atoms with van der Waals surface area (Å²) >= 11 is 0. The number of aromatic amines is 1. The van der Waals surface area contributed by atoms with Crippen LogP contribution in [0.4, 0.5) is 13.2 Å². The number of carboxylic acids is 1. The summed E-state index contributed by atoms with van der Waals surface area (Å²) in [4.78, 5) is 35.1. The third-order valence-corrected chi connectivity index (χ3v) is 7.31. The number of carbonyl (C=O) groups is 2. The monoisotopic (exact) mass is 565 g/mol. The minimum absolute atomic E-state index is 0.106. The number of nitrogens with one attached hydrogen (secondary N) is 2. The van der Waals surface area contributed by atoms with E-state index in [-0.39, 0.29) is 17.3 Å². The van der Waals surface area contributed by atoms with Crippen molar-refractivity contribution in [2.24, 2.45) is 0 Å². The van der Waals surface area contributed by atoms with Gasteiger partial charge >= 0.3 is 12.1 Å². The average Bonchev–Trinajstić information content (AvgIpc) is 3.45. The molecule has 0 unspecified atom stereocenters. The van der Waals surface area contributed by atoms with Gasteiger partial charge in [0.15, 0.2) is 0 Å². The van der Waals surface area contributed by atoms with Gasteiger partial charge in [-0.2, -0.15) is 17.9 Å². The van der Waals surface area contributed by atoms with E-state index in [4.69, 9.17) is 14.6 Å². The topological polar surface area (TPSA) is 155 Å². The minimum atomic E-state index is -5.08. The number of imidazole rings is 1. The Kier molecular flexibility index (Phi) is 7.74. The van der Waals surface area contributed by atoms with Crippen molar-refractivity contribution in [1.82, 2.24) is 24.6 Å². The van der Waals surface area contributed by atoms with Crippen molar-refractivity contribution in [2.45, 2.75) is 30.1 Å². The highest BCUT2D eigenvalue weighted by molar-refractivity contribution is 7.89. The predicted molar refractivity (Wildman–Crippen MR) is 132 cm³/mol. The number of pyridine rings is 1. The number of likely N-dealkylation sites (tertiary alicyclic amines) is 1. The lowest BCUT2D eigenvalue weighted by atomic mass is 10.1. The standard InChI is InChI=1S/C22H21N5O4S.C2HF3O2/c1-31-16-4-2-14-3-5-17(11-15(14)10-16)32(29,30)26-19-7-9-27(22(19)28)13-21-24-18-6-8-23-12-20(18)25-21;3-2(4,5)1(6)7/h2-6,8,10-12,19,26H,7,9,13H2,1H3,(H,24,25);(H,6,7)/t19-;/m0./s1. The van der Waals surface area contributed by atoms with E-state index in [1.807, 2.05) is 18.2 Å². The van der Waals surface area contributed by atoms with Crippen LogP contribution in [0, 0.1) is 0 Å². The van der Waals surface area contributed by atoms with Crippen LogP contribution in [0.15, 0.2) is 59.8 Å². The van der Waals surface area contributed by atoms with E-state index >= 15 is 0 Å². The molecule has 0 radical (unpaired) electrons. The fourth-order valence-corrected chi connectivity index (χ4v) is 5.18. The van der Waals surface area contributed by atoms with Crippen LogP contribution in [0.3, 0.4) is 0 Å². The molecule has 1 amide bonds. The van der Waals surface area contributed by atoms with Gasteiger partial charge in [0.1, 0.15) is 23.1 Å². The number of carbonyl (C=O) groups excluding carboxylic acids is 1. The molecule has 5 rings (SSSR count). The van der Waals surface area contributed by atoms with Crippen LogP contribution < -0.4 is 9.46 Å². The molecule has 4 aromatic rings. The van der Waals surface area contributed by atoms with Gasteiger partial charge in [-0.3, -0.25) is 9.78 Å². The normalized spacial score (nSPS) is 15.8. The summed E-state index contributed by atoms with van der Waals surface area (Å²) in [5.41, 5.74) is 1.56. The van der Waals surface area contributed by atoms with E-state index in [0.717, 1.165) is 21.8 Å². The number of benzene rings is 2. The number of methoxy groups -OCH3 is 1. The van der Waals surface area contributed by atoms with Crippen molar-refractivity contribution in [3.8, 4) is 5.75 Å². The van der Waals surface area contributed by atoms with Gasteiger partial charge in [0.05, 0.1) is 30.3 Å². The molecule has 2 aromatic carbocycles. The maximum Gasteiger partial charge on any atom is 0.490 e. The lowest BCUT2D eigenvalue weighted by Crippen LogP contribution is -2.41. The van der Waals surface area contributed by atoms with E-state index in [1.54, 1.807) is 42.6 Å². The Morgan fingerprint density at radius 2 is 1.92 bits per heavy atom. The van der Waals surface area contributed by atoms with Crippen molar-refractivity contribution in [3.05, 3.63) is 60.7 Å². The van der Waals surface area contributed by atoms with Crippen molar-refractivity contribution >= 4 is 43.7 Å². The first kappa shape index (κ1) is 27.8. The fourth-order valence-electron chi connectivity index (χ4n) is 3.92. The van der Waals surface area contributed by atoms with Crippen molar-refractivity contribution in [1.29, 1.82) is 0 Å². The summed E-state index contributed by atoms with van der Waals surface area (Å²) in [6, 6.07) is 11.3. The quantitative estimate of drug-likeness (QED) is 0.323. The van der Waals surface area contributed by atoms with Gasteiger partial charge in [0.25, 0.3) is 0 Å². The van der Waals surface area contributed by atoms with Gasteiger partial charge in [-0.25, -0.2) is 18.2 Å². The zero-order chi connectivity index (χ0) is 28.4. The van der Waals surface area contributed by atoms with Gasteiger partial charge in [-0.05, 0) is 47.5 Å². The highest BCUT2D eigenvalue weighted by atomic mass is 32.2. The van der Waals surface area contributed by atoms with Crippen molar-refractivity contribution in [2.75, 3.05) is 13.7 Å². The number of sulfonamides is 1. The van der Waals surface area contributed by atoms with Gasteiger partial charge < -0.3 is 19.7 Å². The molecule has 11 nitrogen and oxygen atoms in total. The number of carboxylic acid groups (broad SMARTS) is 1. The molecule has 0 aliphatic carbocycles. The number of amides is 1. The highest BCUT2D eigenvalue weighted by Gasteiger charge is 2.38. The largest absolute Gasteiger partial charge is 0.497 e. The molecule has 3 N–H and O–H groups in total. The number of fused-ring (bicyclic) bond motifs is 2. The van der Waals surface area contributed by atoms with Gasteiger partial charge in [-0.15, -0.1) is 0 Å². The number of hydrogen-bond acceptors (Lipinski definition) is 7. The maximum atomic E-state index is 13.0. The molecule has 1 saturated heterocycles. The third-order valence-electron chi connectivity index (χ3n) is 5.84. The Bertz CT molecular complexity index is 1610. The van der Waals surface area contributed by atoms with E-state index in [9.17, 15) is 26.4 Å².